The molecule has 7 nitrogen and oxygen atoms in total. The Morgan fingerprint density at radius 1 is 1.07 bits per heavy atom. The van der Waals surface area contributed by atoms with Gasteiger partial charge in [-0.25, -0.2) is 4.79 Å². The summed E-state index contributed by atoms with van der Waals surface area (Å²) >= 11 is 12.0. The standard InChI is InChI=1S/C19H14Cl2N4O3/c1-19(11-6-8-12(20)9-7-11)17(26)25(18(27)22-19)10-15-23-24-16(28-15)13-4-2-3-5-14(13)21/h2-9H,10H2,1H3,(H,22,27). The number of hydrogen-bond donors (Lipinski definition) is 1. The molecule has 0 aliphatic carbocycles. The lowest BCUT2D eigenvalue weighted by atomic mass is 9.92. The first-order chi connectivity index (χ1) is 13.4. The van der Waals surface area contributed by atoms with Gasteiger partial charge in [-0.3, -0.25) is 9.69 Å². The summed E-state index contributed by atoms with van der Waals surface area (Å²) in [6.45, 7) is 1.49. The van der Waals surface area contributed by atoms with Crippen LogP contribution in [0.2, 0.25) is 10.0 Å². The van der Waals surface area contributed by atoms with Gasteiger partial charge in [0.05, 0.1) is 10.6 Å². The highest BCUT2D eigenvalue weighted by molar-refractivity contribution is 6.33. The Balaban J connectivity index is 1.58. The first kappa shape index (κ1) is 18.5. The SMILES string of the molecule is CC1(c2ccc(Cl)cc2)NC(=O)N(Cc2nnc(-c3ccccc3Cl)o2)C1=O. The molecule has 3 amide bonds. The fraction of sp³-hybridized carbons (Fsp3) is 0.158. The number of benzene rings is 2. The van der Waals surface area contributed by atoms with Crippen LogP contribution in [0.3, 0.4) is 0 Å². The lowest BCUT2D eigenvalue weighted by Crippen LogP contribution is -2.40. The summed E-state index contributed by atoms with van der Waals surface area (Å²) in [7, 11) is 0. The van der Waals surface area contributed by atoms with Crippen LogP contribution in [0.1, 0.15) is 18.4 Å². The topological polar surface area (TPSA) is 88.3 Å². The maximum Gasteiger partial charge on any atom is 0.325 e. The average molecular weight is 417 g/mol. The number of imide groups is 1. The van der Waals surface area contributed by atoms with E-state index in [1.54, 1.807) is 55.5 Å². The third kappa shape index (κ3) is 3.12. The number of amides is 3. The normalized spacial score (nSPS) is 19.2. The Morgan fingerprint density at radius 3 is 2.50 bits per heavy atom. The number of rotatable bonds is 4. The molecule has 28 heavy (non-hydrogen) atoms. The van der Waals surface area contributed by atoms with Gasteiger partial charge in [0.2, 0.25) is 11.8 Å². The van der Waals surface area contributed by atoms with Crippen LogP contribution in [0.4, 0.5) is 4.79 Å². The van der Waals surface area contributed by atoms with E-state index in [0.29, 0.717) is 21.2 Å². The molecule has 1 N–H and O–H groups in total. The second kappa shape index (κ2) is 6.92. The molecule has 3 aromatic rings. The summed E-state index contributed by atoms with van der Waals surface area (Å²) in [5.41, 5.74) is -0.000986. The van der Waals surface area contributed by atoms with Gasteiger partial charge in [-0.15, -0.1) is 10.2 Å². The zero-order chi connectivity index (χ0) is 19.9. The van der Waals surface area contributed by atoms with Crippen molar-refractivity contribution in [3.63, 3.8) is 0 Å². The van der Waals surface area contributed by atoms with Crippen LogP contribution in [0.15, 0.2) is 52.9 Å². The summed E-state index contributed by atoms with van der Waals surface area (Å²) in [4.78, 5) is 26.4. The summed E-state index contributed by atoms with van der Waals surface area (Å²) in [5.74, 6) is -0.0794. The number of carbonyl (C=O) groups excluding carboxylic acids is 2. The molecule has 0 radical (unpaired) electrons. The summed E-state index contributed by atoms with van der Waals surface area (Å²) in [6.07, 6.45) is 0. The molecule has 2 heterocycles. The molecular weight excluding hydrogens is 403 g/mol. The van der Waals surface area contributed by atoms with Gasteiger partial charge in [0.15, 0.2) is 0 Å². The zero-order valence-electron chi connectivity index (χ0n) is 14.6. The molecule has 2 aromatic carbocycles. The van der Waals surface area contributed by atoms with Crippen LogP contribution >= 0.6 is 23.2 Å². The van der Waals surface area contributed by atoms with E-state index in [2.05, 4.69) is 15.5 Å². The van der Waals surface area contributed by atoms with Gasteiger partial charge in [-0.05, 0) is 36.8 Å². The minimum atomic E-state index is -1.20. The second-order valence-corrected chi connectivity index (χ2v) is 7.28. The van der Waals surface area contributed by atoms with Crippen LogP contribution in [-0.4, -0.2) is 27.0 Å². The monoisotopic (exact) mass is 416 g/mol. The van der Waals surface area contributed by atoms with Crippen molar-refractivity contribution in [3.8, 4) is 11.5 Å². The molecule has 1 atom stereocenters. The number of halogens is 2. The zero-order valence-corrected chi connectivity index (χ0v) is 16.2. The van der Waals surface area contributed by atoms with Crippen LogP contribution < -0.4 is 5.32 Å². The molecule has 1 aromatic heterocycles. The Kier molecular flexibility index (Phi) is 4.56. The highest BCUT2D eigenvalue weighted by atomic mass is 35.5. The van der Waals surface area contributed by atoms with E-state index in [9.17, 15) is 9.59 Å². The number of aromatic nitrogens is 2. The largest absolute Gasteiger partial charge is 0.419 e. The number of hydrogen-bond acceptors (Lipinski definition) is 5. The van der Waals surface area contributed by atoms with Crippen LogP contribution in [0.25, 0.3) is 11.5 Å². The second-order valence-electron chi connectivity index (χ2n) is 6.43. The van der Waals surface area contributed by atoms with Crippen molar-refractivity contribution in [1.29, 1.82) is 0 Å². The van der Waals surface area contributed by atoms with Gasteiger partial charge in [0, 0.05) is 5.02 Å². The van der Waals surface area contributed by atoms with Gasteiger partial charge in [-0.2, -0.15) is 0 Å². The Bertz CT molecular complexity index is 1070. The fourth-order valence-corrected chi connectivity index (χ4v) is 3.36. The smallest absolute Gasteiger partial charge is 0.325 e. The predicted octanol–water partition coefficient (Wildman–Crippen LogP) is 4.01. The maximum absolute atomic E-state index is 13.0. The van der Waals surface area contributed by atoms with Crippen molar-refractivity contribution in [1.82, 2.24) is 20.4 Å². The van der Waals surface area contributed by atoms with E-state index in [1.165, 1.54) is 0 Å². The molecule has 9 heteroatoms. The first-order valence-electron chi connectivity index (χ1n) is 8.36. The van der Waals surface area contributed by atoms with E-state index in [4.69, 9.17) is 27.6 Å². The molecule has 1 saturated heterocycles. The molecule has 0 spiro atoms. The summed E-state index contributed by atoms with van der Waals surface area (Å²) < 4.78 is 5.60. The van der Waals surface area contributed by atoms with Crippen molar-refractivity contribution >= 4 is 35.1 Å². The van der Waals surface area contributed by atoms with Crippen molar-refractivity contribution in [3.05, 3.63) is 70.0 Å². The van der Waals surface area contributed by atoms with Gasteiger partial charge in [-0.1, -0.05) is 47.5 Å². The van der Waals surface area contributed by atoms with Crippen LogP contribution in [0.5, 0.6) is 0 Å². The Morgan fingerprint density at radius 2 is 1.79 bits per heavy atom. The third-order valence-electron chi connectivity index (χ3n) is 4.56. The average Bonchev–Trinajstić information content (AvgIpc) is 3.22. The van der Waals surface area contributed by atoms with E-state index in [0.717, 1.165) is 4.90 Å². The van der Waals surface area contributed by atoms with Crippen molar-refractivity contribution < 1.29 is 14.0 Å². The quantitative estimate of drug-likeness (QED) is 0.648. The minimum Gasteiger partial charge on any atom is -0.419 e. The number of urea groups is 1. The van der Waals surface area contributed by atoms with Gasteiger partial charge < -0.3 is 9.73 Å². The lowest BCUT2D eigenvalue weighted by Gasteiger charge is -2.22. The molecule has 1 unspecified atom stereocenters. The number of carbonyl (C=O) groups is 2. The number of nitrogens with zero attached hydrogens (tertiary/aromatic N) is 3. The molecule has 4 rings (SSSR count). The van der Waals surface area contributed by atoms with E-state index in [-0.39, 0.29) is 18.3 Å². The predicted molar refractivity (Wildman–Crippen MR) is 103 cm³/mol. The Labute approximate surface area is 170 Å². The molecule has 142 valence electrons. The van der Waals surface area contributed by atoms with Crippen LogP contribution in [-0.2, 0) is 16.9 Å². The van der Waals surface area contributed by atoms with E-state index in [1.807, 2.05) is 0 Å². The van der Waals surface area contributed by atoms with Crippen molar-refractivity contribution in [2.24, 2.45) is 0 Å². The summed E-state index contributed by atoms with van der Waals surface area (Å²) in [6, 6.07) is 13.2. The first-order valence-corrected chi connectivity index (χ1v) is 9.11. The molecule has 0 bridgehead atoms. The fourth-order valence-electron chi connectivity index (χ4n) is 3.02. The molecule has 1 aliphatic rings. The third-order valence-corrected chi connectivity index (χ3v) is 5.14. The van der Waals surface area contributed by atoms with Gasteiger partial charge in [0.25, 0.3) is 5.91 Å². The molecule has 0 saturated carbocycles. The summed E-state index contributed by atoms with van der Waals surface area (Å²) in [5, 5.41) is 11.6. The minimum absolute atomic E-state index is 0.124. The van der Waals surface area contributed by atoms with E-state index >= 15 is 0 Å². The van der Waals surface area contributed by atoms with Gasteiger partial charge >= 0.3 is 6.03 Å². The maximum atomic E-state index is 13.0. The Hall–Kier alpha value is -2.90. The van der Waals surface area contributed by atoms with Crippen molar-refractivity contribution in [2.75, 3.05) is 0 Å². The highest BCUT2D eigenvalue weighted by Crippen LogP contribution is 2.31. The lowest BCUT2D eigenvalue weighted by molar-refractivity contribution is -0.131. The van der Waals surface area contributed by atoms with Gasteiger partial charge in [0.1, 0.15) is 12.1 Å². The molecule has 1 aliphatic heterocycles. The van der Waals surface area contributed by atoms with Crippen LogP contribution in [0, 0.1) is 0 Å². The number of nitrogens with one attached hydrogen (secondary N) is 1. The molecular formula is C19H14Cl2N4O3. The van der Waals surface area contributed by atoms with Crippen molar-refractivity contribution in [2.45, 2.75) is 19.0 Å². The van der Waals surface area contributed by atoms with E-state index < -0.39 is 17.5 Å². The highest BCUT2D eigenvalue weighted by Gasteiger charge is 2.49. The molecule has 1 fully saturated rings.